The molecular formula is C13H17N2+. The van der Waals surface area contributed by atoms with Gasteiger partial charge in [0.05, 0.1) is 18.6 Å². The van der Waals surface area contributed by atoms with Gasteiger partial charge in [-0.1, -0.05) is 13.8 Å². The van der Waals surface area contributed by atoms with Crippen LogP contribution < -0.4 is 4.57 Å². The molecule has 2 heteroatoms. The first-order valence-corrected chi connectivity index (χ1v) is 5.41. The van der Waals surface area contributed by atoms with Gasteiger partial charge in [-0.05, 0) is 35.2 Å². The second-order valence-corrected chi connectivity index (χ2v) is 4.43. The minimum atomic E-state index is 0.656. The Bertz CT molecular complexity index is 475. The van der Waals surface area contributed by atoms with Gasteiger partial charge in [0.15, 0.2) is 5.69 Å². The second kappa shape index (κ2) is 3.97. The number of nitrogens with zero attached hydrogens (tertiary/aromatic N) is 2. The predicted octanol–water partition coefficient (Wildman–Crippen LogP) is 2.26. The summed E-state index contributed by atoms with van der Waals surface area (Å²) in [5, 5.41) is 1.20. The molecule has 0 fully saturated rings. The highest BCUT2D eigenvalue weighted by molar-refractivity contribution is 5.71. The Hall–Kier alpha value is -1.44. The smallest absolute Gasteiger partial charge is 0.233 e. The summed E-state index contributed by atoms with van der Waals surface area (Å²) in [6.45, 7) is 4.44. The number of hydrogen-bond acceptors (Lipinski definition) is 1. The van der Waals surface area contributed by atoms with Crippen molar-refractivity contribution in [2.45, 2.75) is 20.3 Å². The van der Waals surface area contributed by atoms with Crippen molar-refractivity contribution in [3.8, 4) is 0 Å². The van der Waals surface area contributed by atoms with E-state index in [9.17, 15) is 0 Å². The Labute approximate surface area is 90.6 Å². The fraction of sp³-hybridized carbons (Fsp3) is 0.385. The number of rotatable bonds is 2. The average molecular weight is 201 g/mol. The van der Waals surface area contributed by atoms with Gasteiger partial charge in [0, 0.05) is 6.42 Å². The van der Waals surface area contributed by atoms with Crippen LogP contribution >= 0.6 is 0 Å². The van der Waals surface area contributed by atoms with E-state index in [2.05, 4.69) is 41.6 Å². The fourth-order valence-corrected chi connectivity index (χ4v) is 1.79. The van der Waals surface area contributed by atoms with Gasteiger partial charge >= 0.3 is 5.65 Å². The summed E-state index contributed by atoms with van der Waals surface area (Å²) >= 11 is 0. The largest absolute Gasteiger partial charge is 0.330 e. The van der Waals surface area contributed by atoms with E-state index in [1.54, 1.807) is 0 Å². The Morgan fingerprint density at radius 3 is 2.80 bits per heavy atom. The van der Waals surface area contributed by atoms with Gasteiger partial charge in [-0.3, -0.25) is 0 Å². The Kier molecular flexibility index (Phi) is 2.67. The van der Waals surface area contributed by atoms with Gasteiger partial charge in [-0.25, -0.2) is 4.57 Å². The molecule has 0 N–H and O–H groups in total. The Morgan fingerprint density at radius 1 is 1.27 bits per heavy atom. The minimum Gasteiger partial charge on any atom is -0.233 e. The fourth-order valence-electron chi connectivity index (χ4n) is 1.79. The van der Waals surface area contributed by atoms with Crippen molar-refractivity contribution in [2.24, 2.45) is 13.0 Å². The summed E-state index contributed by atoms with van der Waals surface area (Å²) in [5.41, 5.74) is 2.25. The molecule has 0 atom stereocenters. The zero-order valence-corrected chi connectivity index (χ0v) is 9.57. The van der Waals surface area contributed by atoms with E-state index in [0.29, 0.717) is 5.92 Å². The van der Waals surface area contributed by atoms with Crippen molar-refractivity contribution in [1.82, 2.24) is 4.98 Å². The lowest BCUT2D eigenvalue weighted by Gasteiger charge is -2.01. The lowest BCUT2D eigenvalue weighted by Crippen LogP contribution is -2.29. The molecule has 2 heterocycles. The second-order valence-electron chi connectivity index (χ2n) is 4.43. The van der Waals surface area contributed by atoms with E-state index in [1.165, 1.54) is 11.1 Å². The maximum atomic E-state index is 4.68. The molecule has 2 nitrogen and oxygen atoms in total. The van der Waals surface area contributed by atoms with Crippen LogP contribution in [-0.2, 0) is 13.5 Å². The van der Waals surface area contributed by atoms with Crippen molar-refractivity contribution >= 4 is 11.0 Å². The Morgan fingerprint density at radius 2 is 2.07 bits per heavy atom. The van der Waals surface area contributed by atoms with Crippen LogP contribution in [0.2, 0.25) is 0 Å². The van der Waals surface area contributed by atoms with Crippen LogP contribution in [0, 0.1) is 5.92 Å². The van der Waals surface area contributed by atoms with E-state index in [1.807, 2.05) is 19.3 Å². The summed E-state index contributed by atoms with van der Waals surface area (Å²) in [6, 6.07) is 8.43. The normalized spacial score (nSPS) is 11.2. The maximum Gasteiger partial charge on any atom is 0.330 e. The maximum absolute atomic E-state index is 4.68. The van der Waals surface area contributed by atoms with Crippen molar-refractivity contribution in [3.63, 3.8) is 0 Å². The summed E-state index contributed by atoms with van der Waals surface area (Å²) in [6.07, 6.45) is 3.08. The van der Waals surface area contributed by atoms with Gasteiger partial charge in [0.1, 0.15) is 0 Å². The molecule has 0 amide bonds. The zero-order chi connectivity index (χ0) is 10.8. The highest BCUT2D eigenvalue weighted by Crippen LogP contribution is 2.10. The minimum absolute atomic E-state index is 0.656. The van der Waals surface area contributed by atoms with E-state index < -0.39 is 0 Å². The van der Waals surface area contributed by atoms with Crippen LogP contribution in [0.4, 0.5) is 0 Å². The molecule has 0 aromatic carbocycles. The first-order valence-electron chi connectivity index (χ1n) is 5.41. The molecule has 2 aromatic heterocycles. The quantitative estimate of drug-likeness (QED) is 0.681. The number of hydrogen-bond donors (Lipinski definition) is 0. The third kappa shape index (κ3) is 2.14. The van der Waals surface area contributed by atoms with Crippen LogP contribution in [0.15, 0.2) is 30.5 Å². The Balaban J connectivity index is 2.50. The van der Waals surface area contributed by atoms with Gasteiger partial charge in [-0.15, -0.1) is 0 Å². The van der Waals surface area contributed by atoms with Crippen LogP contribution in [0.1, 0.15) is 19.5 Å². The van der Waals surface area contributed by atoms with Crippen LogP contribution in [-0.4, -0.2) is 4.98 Å². The molecule has 2 rings (SSSR count). The van der Waals surface area contributed by atoms with Crippen molar-refractivity contribution in [1.29, 1.82) is 0 Å². The van der Waals surface area contributed by atoms with E-state index in [0.717, 1.165) is 12.1 Å². The summed E-state index contributed by atoms with van der Waals surface area (Å²) in [4.78, 5) is 4.68. The number of aryl methyl sites for hydroxylation is 1. The summed E-state index contributed by atoms with van der Waals surface area (Å²) in [7, 11) is 2.04. The zero-order valence-electron chi connectivity index (χ0n) is 9.57. The number of fused-ring (bicyclic) bond motifs is 1. The van der Waals surface area contributed by atoms with Crippen molar-refractivity contribution in [3.05, 3.63) is 36.2 Å². The molecule has 0 aliphatic heterocycles. The number of pyridine rings is 2. The summed E-state index contributed by atoms with van der Waals surface area (Å²) < 4.78 is 2.07. The number of aromatic nitrogens is 2. The molecule has 78 valence electrons. The molecular weight excluding hydrogens is 184 g/mol. The average Bonchev–Trinajstić information content (AvgIpc) is 2.18. The van der Waals surface area contributed by atoms with Crippen molar-refractivity contribution in [2.75, 3.05) is 0 Å². The lowest BCUT2D eigenvalue weighted by atomic mass is 10.1. The highest BCUT2D eigenvalue weighted by atomic mass is 15.0. The lowest BCUT2D eigenvalue weighted by molar-refractivity contribution is -0.646. The topological polar surface area (TPSA) is 16.8 Å². The van der Waals surface area contributed by atoms with Crippen LogP contribution in [0.25, 0.3) is 11.0 Å². The first-order chi connectivity index (χ1) is 7.16. The predicted molar refractivity (Wildman–Crippen MR) is 61.5 cm³/mol. The van der Waals surface area contributed by atoms with Crippen LogP contribution in [0.5, 0.6) is 0 Å². The first kappa shape index (κ1) is 10.1. The highest BCUT2D eigenvalue weighted by Gasteiger charge is 2.10. The third-order valence-corrected chi connectivity index (χ3v) is 2.50. The SMILES string of the molecule is CC(C)Cc1ccc2ccc[n+](C)c2n1. The van der Waals surface area contributed by atoms with E-state index in [4.69, 9.17) is 0 Å². The van der Waals surface area contributed by atoms with Gasteiger partial charge in [0.25, 0.3) is 0 Å². The van der Waals surface area contributed by atoms with Gasteiger partial charge in [0.2, 0.25) is 0 Å². The van der Waals surface area contributed by atoms with E-state index in [-0.39, 0.29) is 0 Å². The molecule has 0 aliphatic rings. The van der Waals surface area contributed by atoms with Crippen molar-refractivity contribution < 1.29 is 4.57 Å². The van der Waals surface area contributed by atoms with Gasteiger partial charge in [-0.2, -0.15) is 0 Å². The monoisotopic (exact) mass is 201 g/mol. The molecule has 0 radical (unpaired) electrons. The molecule has 0 saturated heterocycles. The molecule has 0 aliphatic carbocycles. The molecule has 0 unspecified atom stereocenters. The molecule has 15 heavy (non-hydrogen) atoms. The molecule has 2 aromatic rings. The molecule has 0 saturated carbocycles. The van der Waals surface area contributed by atoms with Crippen LogP contribution in [0.3, 0.4) is 0 Å². The summed E-state index contributed by atoms with van der Waals surface area (Å²) in [5.74, 6) is 0.656. The van der Waals surface area contributed by atoms with Gasteiger partial charge < -0.3 is 0 Å². The molecule has 0 spiro atoms. The third-order valence-electron chi connectivity index (χ3n) is 2.50. The van der Waals surface area contributed by atoms with E-state index >= 15 is 0 Å². The molecule has 0 bridgehead atoms. The standard InChI is InChI=1S/C13H17N2/c1-10(2)9-12-7-6-11-5-4-8-15(3)13(11)14-12/h4-8,10H,9H2,1-3H3/q+1.